The van der Waals surface area contributed by atoms with Crippen LogP contribution in [0.15, 0.2) is 53.5 Å². The first kappa shape index (κ1) is 26.2. The van der Waals surface area contributed by atoms with Crippen LogP contribution in [0, 0.1) is 5.82 Å². The summed E-state index contributed by atoms with van der Waals surface area (Å²) in [4.78, 5) is 31.9. The number of aromatic nitrogens is 5. The second-order valence-electron chi connectivity index (χ2n) is 10.1. The van der Waals surface area contributed by atoms with Gasteiger partial charge in [-0.3, -0.25) is 24.2 Å². The van der Waals surface area contributed by atoms with Crippen LogP contribution in [0.3, 0.4) is 0 Å². The Hall–Kier alpha value is -4.42. The predicted molar refractivity (Wildman–Crippen MR) is 144 cm³/mol. The molecule has 11 nitrogen and oxygen atoms in total. The van der Waals surface area contributed by atoms with Crippen LogP contribution in [-0.2, 0) is 25.7 Å². The molecule has 0 spiro atoms. The van der Waals surface area contributed by atoms with E-state index in [-0.39, 0.29) is 22.5 Å². The quantitative estimate of drug-likeness (QED) is 0.346. The number of aryl methyl sites for hydroxylation is 1. The zero-order chi connectivity index (χ0) is 27.9. The highest BCUT2D eigenvalue weighted by atomic mass is 19.1. The van der Waals surface area contributed by atoms with Gasteiger partial charge in [0.25, 0.3) is 11.5 Å². The number of carbonyl (C=O) groups is 1. The number of aliphatic hydroxyl groups is 1. The lowest BCUT2D eigenvalue weighted by Gasteiger charge is -2.22. The molecule has 1 aromatic carbocycles. The van der Waals surface area contributed by atoms with E-state index >= 15 is 0 Å². The number of nitrogens with zero attached hydrogens (tertiary/aromatic N) is 6. The van der Waals surface area contributed by atoms with Crippen molar-refractivity contribution in [1.29, 1.82) is 0 Å². The Kier molecular flexibility index (Phi) is 6.74. The molecule has 1 aliphatic heterocycles. The van der Waals surface area contributed by atoms with Crippen molar-refractivity contribution in [2.75, 3.05) is 24.2 Å². The van der Waals surface area contributed by atoms with E-state index in [2.05, 4.69) is 30.7 Å². The molecular weight excluding hydrogens is 503 g/mol. The molecule has 0 saturated carbocycles. The van der Waals surface area contributed by atoms with Gasteiger partial charge in [-0.15, -0.1) is 0 Å². The third kappa shape index (κ3) is 5.56. The number of carbonyl (C=O) groups excluding carboxylic acids is 1. The summed E-state index contributed by atoms with van der Waals surface area (Å²) < 4.78 is 17.8. The topological polar surface area (TPSA) is 130 Å². The molecule has 0 atom stereocenters. The molecule has 202 valence electrons. The monoisotopic (exact) mass is 532 g/mol. The minimum atomic E-state index is -1.15. The number of amides is 1. The van der Waals surface area contributed by atoms with Crippen molar-refractivity contribution in [3.05, 3.63) is 81.8 Å². The lowest BCUT2D eigenvalue weighted by molar-refractivity contribution is 0.0737. The summed E-state index contributed by atoms with van der Waals surface area (Å²) in [7, 11) is 3.57. The lowest BCUT2D eigenvalue weighted by atomic mass is 10.0. The van der Waals surface area contributed by atoms with Crippen molar-refractivity contribution in [3.63, 3.8) is 0 Å². The number of rotatable bonds is 6. The number of nitrogens with one attached hydrogen (secondary N) is 2. The molecule has 0 saturated heterocycles. The Labute approximate surface area is 223 Å². The molecule has 0 fully saturated rings. The molecule has 5 rings (SSSR count). The van der Waals surface area contributed by atoms with Crippen molar-refractivity contribution >= 4 is 23.1 Å². The summed E-state index contributed by atoms with van der Waals surface area (Å²) in [6, 6.07) is 10.7. The Balaban J connectivity index is 1.40. The fourth-order valence-corrected chi connectivity index (χ4v) is 4.30. The maximum Gasteiger partial charge on any atom is 0.290 e. The third-order valence-electron chi connectivity index (χ3n) is 6.48. The van der Waals surface area contributed by atoms with Crippen LogP contribution < -0.4 is 16.2 Å². The lowest BCUT2D eigenvalue weighted by Crippen LogP contribution is -2.30. The Morgan fingerprint density at radius 1 is 1.05 bits per heavy atom. The van der Waals surface area contributed by atoms with Gasteiger partial charge in [-0.25, -0.2) is 9.07 Å². The average molecular weight is 533 g/mol. The standard InChI is InChI=1S/C27H29FN8O3/c1-27(2,39)23-8-6-17(14-29-23)25(37)31-21-11-16(5-7-19(21)28)20-13-22(26(38)35(4)32-20)30-24-12-18-15-34(3)9-10-36(18)33-24/h5-8,11-14,39H,9-10,15H2,1-4H3,(H,30,33)(H,31,37). The molecule has 12 heteroatoms. The number of pyridine rings is 1. The number of anilines is 3. The summed E-state index contributed by atoms with van der Waals surface area (Å²) in [5, 5.41) is 24.6. The highest BCUT2D eigenvalue weighted by Crippen LogP contribution is 2.26. The van der Waals surface area contributed by atoms with Crippen LogP contribution in [0.4, 0.5) is 21.6 Å². The van der Waals surface area contributed by atoms with Gasteiger partial charge in [-0.05, 0) is 57.3 Å². The summed E-state index contributed by atoms with van der Waals surface area (Å²) in [6.45, 7) is 5.59. The van der Waals surface area contributed by atoms with Crippen LogP contribution in [0.2, 0.25) is 0 Å². The second-order valence-corrected chi connectivity index (χ2v) is 10.1. The minimum absolute atomic E-state index is 0.0554. The van der Waals surface area contributed by atoms with E-state index in [9.17, 15) is 19.1 Å². The Morgan fingerprint density at radius 3 is 2.56 bits per heavy atom. The zero-order valence-corrected chi connectivity index (χ0v) is 22.1. The van der Waals surface area contributed by atoms with Gasteiger partial charge in [0.15, 0.2) is 5.82 Å². The van der Waals surface area contributed by atoms with Crippen molar-refractivity contribution in [3.8, 4) is 11.3 Å². The van der Waals surface area contributed by atoms with Crippen molar-refractivity contribution in [1.82, 2.24) is 29.4 Å². The molecule has 0 aliphatic carbocycles. The molecule has 0 unspecified atom stereocenters. The van der Waals surface area contributed by atoms with Gasteiger partial charge in [-0.1, -0.05) is 0 Å². The number of halogens is 1. The van der Waals surface area contributed by atoms with Gasteiger partial charge in [0.05, 0.1) is 34.9 Å². The Bertz CT molecular complexity index is 1600. The van der Waals surface area contributed by atoms with Gasteiger partial charge in [0, 0.05) is 38.0 Å². The Morgan fingerprint density at radius 2 is 1.85 bits per heavy atom. The molecule has 0 bridgehead atoms. The van der Waals surface area contributed by atoms with E-state index in [0.717, 1.165) is 25.3 Å². The molecule has 1 aliphatic rings. The van der Waals surface area contributed by atoms with E-state index in [4.69, 9.17) is 0 Å². The zero-order valence-electron chi connectivity index (χ0n) is 22.1. The first-order valence-electron chi connectivity index (χ1n) is 12.4. The summed E-state index contributed by atoms with van der Waals surface area (Å²) in [5.74, 6) is -0.651. The second kappa shape index (κ2) is 10.0. The first-order chi connectivity index (χ1) is 18.5. The summed E-state index contributed by atoms with van der Waals surface area (Å²) in [6.07, 6.45) is 1.32. The van der Waals surface area contributed by atoms with E-state index in [1.807, 2.05) is 17.8 Å². The molecule has 39 heavy (non-hydrogen) atoms. The number of hydrogen-bond donors (Lipinski definition) is 3. The van der Waals surface area contributed by atoms with Crippen LogP contribution in [-0.4, -0.2) is 54.1 Å². The average Bonchev–Trinajstić information content (AvgIpc) is 3.28. The molecule has 1 amide bonds. The fourth-order valence-electron chi connectivity index (χ4n) is 4.30. The third-order valence-corrected chi connectivity index (χ3v) is 6.48. The molecular formula is C27H29FN8O3. The van der Waals surface area contributed by atoms with E-state index in [0.29, 0.717) is 22.8 Å². The highest BCUT2D eigenvalue weighted by Gasteiger charge is 2.20. The minimum Gasteiger partial charge on any atom is -0.384 e. The predicted octanol–water partition coefficient (Wildman–Crippen LogP) is 2.85. The molecule has 3 aromatic heterocycles. The van der Waals surface area contributed by atoms with Crippen LogP contribution >= 0.6 is 0 Å². The molecule has 0 radical (unpaired) electrons. The normalized spacial score (nSPS) is 13.7. The number of likely N-dealkylation sites (N-methyl/N-ethyl adjacent to an activating group) is 1. The molecule has 3 N–H and O–H groups in total. The van der Waals surface area contributed by atoms with Gasteiger partial charge in [0.2, 0.25) is 0 Å². The number of fused-ring (bicyclic) bond motifs is 1. The number of hydrogen-bond acceptors (Lipinski definition) is 8. The molecule has 4 aromatic rings. The summed E-state index contributed by atoms with van der Waals surface area (Å²) in [5.41, 5.74) is 1.25. The van der Waals surface area contributed by atoms with E-state index in [1.54, 1.807) is 26.0 Å². The number of benzene rings is 1. The van der Waals surface area contributed by atoms with Gasteiger partial charge >= 0.3 is 0 Å². The van der Waals surface area contributed by atoms with Gasteiger partial charge < -0.3 is 15.7 Å². The van der Waals surface area contributed by atoms with Crippen LogP contribution in [0.1, 0.15) is 35.6 Å². The first-order valence-corrected chi connectivity index (χ1v) is 12.4. The van der Waals surface area contributed by atoms with Crippen molar-refractivity contribution in [2.45, 2.75) is 32.5 Å². The SMILES string of the molecule is CN1CCn2nc(Nc3cc(-c4ccc(F)c(NC(=O)c5ccc(C(C)(C)O)nc5)c4)nn(C)c3=O)cc2C1. The van der Waals surface area contributed by atoms with Crippen molar-refractivity contribution < 1.29 is 14.3 Å². The maximum atomic E-state index is 14.7. The highest BCUT2D eigenvalue weighted by molar-refractivity contribution is 6.04. The molecule has 4 heterocycles. The maximum absolute atomic E-state index is 14.7. The van der Waals surface area contributed by atoms with Crippen LogP contribution in [0.25, 0.3) is 11.3 Å². The van der Waals surface area contributed by atoms with Crippen LogP contribution in [0.5, 0.6) is 0 Å². The largest absolute Gasteiger partial charge is 0.384 e. The van der Waals surface area contributed by atoms with E-state index < -0.39 is 17.3 Å². The fraction of sp³-hybridized carbons (Fsp3) is 0.296. The smallest absolute Gasteiger partial charge is 0.290 e. The van der Waals surface area contributed by atoms with Crippen molar-refractivity contribution in [2.24, 2.45) is 7.05 Å². The van der Waals surface area contributed by atoms with Gasteiger partial charge in [0.1, 0.15) is 17.1 Å². The van der Waals surface area contributed by atoms with E-state index in [1.165, 1.54) is 42.2 Å². The van der Waals surface area contributed by atoms with Gasteiger partial charge in [-0.2, -0.15) is 10.2 Å². The summed E-state index contributed by atoms with van der Waals surface area (Å²) >= 11 is 0.